The maximum Gasteiger partial charge on any atom is 0.205 e. The minimum Gasteiger partial charge on any atom is -0.493 e. The average Bonchev–Trinajstić information content (AvgIpc) is 2.60. The first-order chi connectivity index (χ1) is 13.2. The number of rotatable bonds is 4. The summed E-state index contributed by atoms with van der Waals surface area (Å²) in [6.45, 7) is 8.33. The van der Waals surface area contributed by atoms with Gasteiger partial charge >= 0.3 is 0 Å². The number of nitrogens with two attached hydrogens (primary N) is 1. The number of benzene rings is 1. The Hall–Kier alpha value is -2.94. The van der Waals surface area contributed by atoms with Gasteiger partial charge in [-0.1, -0.05) is 13.8 Å². The minimum atomic E-state index is -0.567. The van der Waals surface area contributed by atoms with Crippen LogP contribution in [0, 0.1) is 23.7 Å². The van der Waals surface area contributed by atoms with Gasteiger partial charge in [0.1, 0.15) is 17.4 Å². The van der Waals surface area contributed by atoms with Gasteiger partial charge in [-0.3, -0.25) is 4.79 Å². The molecule has 1 aliphatic heterocycles. The van der Waals surface area contributed by atoms with Crippen LogP contribution in [0.3, 0.4) is 0 Å². The van der Waals surface area contributed by atoms with Crippen LogP contribution in [0.4, 0.5) is 0 Å². The van der Waals surface area contributed by atoms with Gasteiger partial charge in [-0.15, -0.1) is 0 Å². The molecule has 1 heterocycles. The molecule has 0 saturated heterocycles. The van der Waals surface area contributed by atoms with E-state index >= 15 is 0 Å². The van der Waals surface area contributed by atoms with E-state index in [0.717, 1.165) is 11.1 Å². The SMILES string of the molecule is CCOc1cc([C@@H]2C(C#N)=C(N)OC3=C2C(=O)CC(C)(C)C3)c(C)cc1OC. The second-order valence-electron chi connectivity index (χ2n) is 8.00. The largest absolute Gasteiger partial charge is 0.493 e. The van der Waals surface area contributed by atoms with E-state index in [4.69, 9.17) is 19.9 Å². The van der Waals surface area contributed by atoms with Gasteiger partial charge in [0.05, 0.1) is 19.6 Å². The van der Waals surface area contributed by atoms with E-state index in [0.29, 0.717) is 42.3 Å². The lowest BCUT2D eigenvalue weighted by Crippen LogP contribution is -2.33. The van der Waals surface area contributed by atoms with Crippen LogP contribution >= 0.6 is 0 Å². The molecule has 2 N–H and O–H groups in total. The van der Waals surface area contributed by atoms with E-state index in [-0.39, 0.29) is 22.7 Å². The van der Waals surface area contributed by atoms with Crippen LogP contribution in [0.1, 0.15) is 50.7 Å². The molecule has 6 nitrogen and oxygen atoms in total. The average molecular weight is 382 g/mol. The summed E-state index contributed by atoms with van der Waals surface area (Å²) in [6, 6.07) is 5.86. The summed E-state index contributed by atoms with van der Waals surface area (Å²) in [5.41, 5.74) is 8.35. The number of ether oxygens (including phenoxy) is 3. The van der Waals surface area contributed by atoms with Gasteiger partial charge in [0.15, 0.2) is 17.3 Å². The zero-order valence-electron chi connectivity index (χ0n) is 17.0. The van der Waals surface area contributed by atoms with Crippen molar-refractivity contribution in [3.63, 3.8) is 0 Å². The number of methoxy groups -OCH3 is 1. The van der Waals surface area contributed by atoms with Crippen molar-refractivity contribution >= 4 is 5.78 Å². The fourth-order valence-corrected chi connectivity index (χ4v) is 4.01. The van der Waals surface area contributed by atoms with Crippen molar-refractivity contribution in [2.75, 3.05) is 13.7 Å². The monoisotopic (exact) mass is 382 g/mol. The van der Waals surface area contributed by atoms with E-state index in [1.54, 1.807) is 7.11 Å². The first kappa shape index (κ1) is 19.8. The Kier molecular flexibility index (Phi) is 5.12. The third-order valence-electron chi connectivity index (χ3n) is 5.24. The van der Waals surface area contributed by atoms with Crippen molar-refractivity contribution < 1.29 is 19.0 Å². The van der Waals surface area contributed by atoms with Gasteiger partial charge in [0.25, 0.3) is 0 Å². The van der Waals surface area contributed by atoms with Gasteiger partial charge in [-0.25, -0.2) is 0 Å². The number of hydrogen-bond acceptors (Lipinski definition) is 6. The summed E-state index contributed by atoms with van der Waals surface area (Å²) in [6.07, 6.45) is 0.995. The van der Waals surface area contributed by atoms with Crippen molar-refractivity contribution in [1.29, 1.82) is 5.26 Å². The van der Waals surface area contributed by atoms with Crippen LogP contribution < -0.4 is 15.2 Å². The smallest absolute Gasteiger partial charge is 0.205 e. The molecule has 1 atom stereocenters. The zero-order chi connectivity index (χ0) is 20.6. The first-order valence-corrected chi connectivity index (χ1v) is 9.37. The molecule has 3 rings (SSSR count). The van der Waals surface area contributed by atoms with Gasteiger partial charge in [-0.05, 0) is 42.5 Å². The Morgan fingerprint density at radius 2 is 2.04 bits per heavy atom. The van der Waals surface area contributed by atoms with Crippen LogP contribution in [-0.4, -0.2) is 19.5 Å². The molecule has 0 unspecified atom stereocenters. The lowest BCUT2D eigenvalue weighted by atomic mass is 9.70. The number of Topliss-reactive ketones (excluding diaryl/α,β-unsaturated/α-hetero) is 1. The molecule has 0 radical (unpaired) electrons. The number of ketones is 1. The molecule has 0 fully saturated rings. The quantitative estimate of drug-likeness (QED) is 0.850. The van der Waals surface area contributed by atoms with Crippen LogP contribution in [0.25, 0.3) is 0 Å². The molecule has 0 amide bonds. The second kappa shape index (κ2) is 7.23. The Morgan fingerprint density at radius 3 is 2.64 bits per heavy atom. The third kappa shape index (κ3) is 3.33. The van der Waals surface area contributed by atoms with Gasteiger partial charge in [-0.2, -0.15) is 5.26 Å². The molecule has 148 valence electrons. The molecule has 0 spiro atoms. The predicted octanol–water partition coefficient (Wildman–Crippen LogP) is 3.85. The fraction of sp³-hybridized carbons (Fsp3) is 0.455. The fourth-order valence-electron chi connectivity index (χ4n) is 4.01. The summed E-state index contributed by atoms with van der Waals surface area (Å²) in [7, 11) is 1.58. The number of carbonyl (C=O) groups is 1. The van der Waals surface area contributed by atoms with Crippen molar-refractivity contribution in [3.05, 3.63) is 46.0 Å². The molecule has 0 bridgehead atoms. The third-order valence-corrected chi connectivity index (χ3v) is 5.24. The molecule has 1 aromatic carbocycles. The number of hydrogen-bond donors (Lipinski definition) is 1. The Morgan fingerprint density at radius 1 is 1.32 bits per heavy atom. The summed E-state index contributed by atoms with van der Waals surface area (Å²) in [5, 5.41) is 9.78. The molecule has 28 heavy (non-hydrogen) atoms. The highest BCUT2D eigenvalue weighted by molar-refractivity contribution is 6.00. The predicted molar refractivity (Wildman–Crippen MR) is 105 cm³/mol. The molecule has 1 aromatic rings. The molecule has 6 heteroatoms. The maximum atomic E-state index is 13.1. The van der Waals surface area contributed by atoms with Crippen LogP contribution in [0.2, 0.25) is 0 Å². The van der Waals surface area contributed by atoms with E-state index in [2.05, 4.69) is 6.07 Å². The highest BCUT2D eigenvalue weighted by Gasteiger charge is 2.43. The van der Waals surface area contributed by atoms with E-state index in [9.17, 15) is 10.1 Å². The second-order valence-corrected chi connectivity index (χ2v) is 8.00. The van der Waals surface area contributed by atoms with Crippen LogP contribution in [-0.2, 0) is 9.53 Å². The van der Waals surface area contributed by atoms with Crippen LogP contribution in [0.5, 0.6) is 11.5 Å². The number of aryl methyl sites for hydroxylation is 1. The summed E-state index contributed by atoms with van der Waals surface area (Å²) in [5.74, 6) is 1.22. The van der Waals surface area contributed by atoms with E-state index < -0.39 is 5.92 Å². The molecular formula is C22H26N2O4. The minimum absolute atomic E-state index is 0.00956. The highest BCUT2D eigenvalue weighted by atomic mass is 16.5. The summed E-state index contributed by atoms with van der Waals surface area (Å²) in [4.78, 5) is 13.1. The lowest BCUT2D eigenvalue weighted by molar-refractivity contribution is -0.119. The number of nitriles is 1. The number of carbonyl (C=O) groups excluding carboxylic acids is 1. The summed E-state index contributed by atoms with van der Waals surface area (Å²) >= 11 is 0. The van der Waals surface area contributed by atoms with Crippen molar-refractivity contribution in [1.82, 2.24) is 0 Å². The Labute approximate surface area is 165 Å². The van der Waals surface area contributed by atoms with Crippen molar-refractivity contribution in [2.45, 2.75) is 46.5 Å². The lowest BCUT2D eigenvalue weighted by Gasteiger charge is -2.37. The van der Waals surface area contributed by atoms with Crippen molar-refractivity contribution in [2.24, 2.45) is 11.1 Å². The normalized spacial score (nSPS) is 21.0. The Balaban J connectivity index is 2.23. The van der Waals surface area contributed by atoms with Crippen molar-refractivity contribution in [3.8, 4) is 17.6 Å². The first-order valence-electron chi connectivity index (χ1n) is 9.37. The molecule has 0 saturated carbocycles. The molecule has 0 aromatic heterocycles. The molecule has 1 aliphatic carbocycles. The van der Waals surface area contributed by atoms with Gasteiger partial charge in [0.2, 0.25) is 5.88 Å². The zero-order valence-corrected chi connectivity index (χ0v) is 17.0. The topological polar surface area (TPSA) is 94.6 Å². The van der Waals surface area contributed by atoms with Crippen LogP contribution in [0.15, 0.2) is 34.9 Å². The van der Waals surface area contributed by atoms with E-state index in [1.807, 2.05) is 39.8 Å². The standard InChI is InChI=1S/C22H26N2O4/c1-6-27-17-8-13(12(2)7-16(17)26-5)19-14(11-23)21(24)28-18-10-22(3,4)9-15(25)20(18)19/h7-8,19H,6,9-10,24H2,1-5H3/t19-/m1/s1. The van der Waals surface area contributed by atoms with Gasteiger partial charge < -0.3 is 19.9 Å². The summed E-state index contributed by atoms with van der Waals surface area (Å²) < 4.78 is 16.9. The maximum absolute atomic E-state index is 13.1. The highest BCUT2D eigenvalue weighted by Crippen LogP contribution is 2.49. The van der Waals surface area contributed by atoms with Gasteiger partial charge in [0, 0.05) is 18.4 Å². The van der Waals surface area contributed by atoms with E-state index in [1.165, 1.54) is 0 Å². The Bertz CT molecular complexity index is 935. The molecule has 2 aliphatic rings. The number of nitrogens with zero attached hydrogens (tertiary/aromatic N) is 1. The molecular weight excluding hydrogens is 356 g/mol. The number of allylic oxidation sites excluding steroid dienone is 3.